The molecule has 0 unspecified atom stereocenters. The standard InChI is InChI=1S/C20H21ClN4O4/c1-25(11-19(26)23-14-7-5-4-6-13(14)21)10-18-22-15-9-17(29-3)16(28-2)8-12(15)20(27)24-18/h4-9H,10-11H2,1-3H3,(H,23,26)(H,22,24,27). The number of anilines is 1. The van der Waals surface area contributed by atoms with E-state index < -0.39 is 0 Å². The molecule has 0 aliphatic heterocycles. The van der Waals surface area contributed by atoms with Crippen LogP contribution in [0.2, 0.25) is 5.02 Å². The molecule has 0 atom stereocenters. The molecule has 0 spiro atoms. The van der Waals surface area contributed by atoms with Crippen molar-refractivity contribution >= 4 is 34.1 Å². The number of benzene rings is 2. The molecular formula is C20H21ClN4O4. The summed E-state index contributed by atoms with van der Waals surface area (Å²) >= 11 is 6.06. The summed E-state index contributed by atoms with van der Waals surface area (Å²) in [6.07, 6.45) is 0. The number of fused-ring (bicyclic) bond motifs is 1. The molecule has 1 aromatic heterocycles. The Balaban J connectivity index is 1.74. The Labute approximate surface area is 172 Å². The van der Waals surface area contributed by atoms with Crippen molar-refractivity contribution in [2.75, 3.05) is 33.1 Å². The molecule has 1 heterocycles. The third-order valence-electron chi connectivity index (χ3n) is 4.24. The molecule has 2 aromatic carbocycles. The molecule has 29 heavy (non-hydrogen) atoms. The number of aromatic amines is 1. The molecule has 2 N–H and O–H groups in total. The average Bonchev–Trinajstić information content (AvgIpc) is 2.68. The van der Waals surface area contributed by atoms with Gasteiger partial charge in [-0.15, -0.1) is 0 Å². The molecule has 0 fully saturated rings. The number of likely N-dealkylation sites (N-methyl/N-ethyl adjacent to an activating group) is 1. The van der Waals surface area contributed by atoms with E-state index in [0.29, 0.717) is 38.9 Å². The minimum absolute atomic E-state index is 0.0961. The van der Waals surface area contributed by atoms with Gasteiger partial charge in [0.05, 0.1) is 48.9 Å². The van der Waals surface area contributed by atoms with Gasteiger partial charge in [0.2, 0.25) is 5.91 Å². The maximum absolute atomic E-state index is 12.4. The first-order valence-corrected chi connectivity index (χ1v) is 9.17. The fourth-order valence-corrected chi connectivity index (χ4v) is 3.08. The Bertz CT molecular complexity index is 1100. The highest BCUT2D eigenvalue weighted by Gasteiger charge is 2.14. The van der Waals surface area contributed by atoms with Crippen molar-refractivity contribution in [3.63, 3.8) is 0 Å². The molecule has 0 aliphatic rings. The fraction of sp³-hybridized carbons (Fsp3) is 0.250. The first kappa shape index (κ1) is 20.6. The molecule has 3 rings (SSSR count). The van der Waals surface area contributed by atoms with Gasteiger partial charge in [-0.2, -0.15) is 0 Å². The van der Waals surface area contributed by atoms with Crippen molar-refractivity contribution in [1.29, 1.82) is 0 Å². The van der Waals surface area contributed by atoms with Gasteiger partial charge in [-0.3, -0.25) is 14.5 Å². The molecule has 0 bridgehead atoms. The van der Waals surface area contributed by atoms with Crippen LogP contribution in [0.15, 0.2) is 41.2 Å². The lowest BCUT2D eigenvalue weighted by Gasteiger charge is -2.16. The number of carbonyl (C=O) groups excluding carboxylic acids is 1. The summed E-state index contributed by atoms with van der Waals surface area (Å²) in [6, 6.07) is 10.2. The summed E-state index contributed by atoms with van der Waals surface area (Å²) in [5, 5.41) is 3.62. The van der Waals surface area contributed by atoms with E-state index >= 15 is 0 Å². The molecule has 0 radical (unpaired) electrons. The van der Waals surface area contributed by atoms with Crippen LogP contribution in [0.1, 0.15) is 5.82 Å². The lowest BCUT2D eigenvalue weighted by Crippen LogP contribution is -2.31. The van der Waals surface area contributed by atoms with Crippen molar-refractivity contribution in [1.82, 2.24) is 14.9 Å². The SMILES string of the molecule is COc1cc2nc(CN(C)CC(=O)Nc3ccccc3Cl)[nH]c(=O)c2cc1OC. The van der Waals surface area contributed by atoms with Crippen LogP contribution in [0.3, 0.4) is 0 Å². The lowest BCUT2D eigenvalue weighted by molar-refractivity contribution is -0.117. The number of hydrogen-bond acceptors (Lipinski definition) is 6. The predicted molar refractivity (Wildman–Crippen MR) is 112 cm³/mol. The molecule has 0 aliphatic carbocycles. The van der Waals surface area contributed by atoms with E-state index in [0.717, 1.165) is 0 Å². The van der Waals surface area contributed by atoms with Crippen LogP contribution in [0.5, 0.6) is 11.5 Å². The van der Waals surface area contributed by atoms with Gasteiger partial charge in [-0.1, -0.05) is 23.7 Å². The number of hydrogen-bond donors (Lipinski definition) is 2. The number of rotatable bonds is 7. The first-order chi connectivity index (χ1) is 13.9. The molecule has 3 aromatic rings. The highest BCUT2D eigenvalue weighted by molar-refractivity contribution is 6.33. The molecule has 152 valence electrons. The summed E-state index contributed by atoms with van der Waals surface area (Å²) in [6.45, 7) is 0.369. The van der Waals surface area contributed by atoms with E-state index in [1.807, 2.05) is 0 Å². The van der Waals surface area contributed by atoms with Crippen molar-refractivity contribution in [2.24, 2.45) is 0 Å². The topological polar surface area (TPSA) is 96.5 Å². The third kappa shape index (κ3) is 4.85. The van der Waals surface area contributed by atoms with Gasteiger partial charge in [0.1, 0.15) is 5.82 Å². The zero-order chi connectivity index (χ0) is 21.0. The van der Waals surface area contributed by atoms with Crippen molar-refractivity contribution in [2.45, 2.75) is 6.54 Å². The van der Waals surface area contributed by atoms with E-state index in [1.54, 1.807) is 48.3 Å². The second kappa shape index (κ2) is 8.93. The van der Waals surface area contributed by atoms with Crippen molar-refractivity contribution in [3.8, 4) is 11.5 Å². The normalized spacial score (nSPS) is 10.9. The number of nitrogens with one attached hydrogen (secondary N) is 2. The predicted octanol–water partition coefficient (Wildman–Crippen LogP) is 2.66. The van der Waals surface area contributed by atoms with E-state index in [1.165, 1.54) is 14.2 Å². The van der Waals surface area contributed by atoms with E-state index in [-0.39, 0.29) is 24.6 Å². The van der Waals surface area contributed by atoms with Crippen LogP contribution < -0.4 is 20.3 Å². The Hall–Kier alpha value is -3.10. The summed E-state index contributed by atoms with van der Waals surface area (Å²) < 4.78 is 10.5. The number of para-hydroxylation sites is 1. The summed E-state index contributed by atoms with van der Waals surface area (Å²) in [5.41, 5.74) is 0.737. The first-order valence-electron chi connectivity index (χ1n) is 8.79. The third-order valence-corrected chi connectivity index (χ3v) is 4.57. The van der Waals surface area contributed by atoms with Gasteiger partial charge in [-0.05, 0) is 25.2 Å². The number of H-pyrrole nitrogens is 1. The number of carbonyl (C=O) groups is 1. The Morgan fingerprint density at radius 2 is 1.90 bits per heavy atom. The lowest BCUT2D eigenvalue weighted by atomic mass is 10.2. The Kier molecular flexibility index (Phi) is 6.36. The number of halogens is 1. The van der Waals surface area contributed by atoms with Gasteiger partial charge in [-0.25, -0.2) is 4.98 Å². The summed E-state index contributed by atoms with van der Waals surface area (Å²) in [7, 11) is 4.77. The highest BCUT2D eigenvalue weighted by atomic mass is 35.5. The molecule has 0 saturated heterocycles. The van der Waals surface area contributed by atoms with Gasteiger partial charge in [0.25, 0.3) is 5.56 Å². The zero-order valence-corrected chi connectivity index (χ0v) is 17.0. The quantitative estimate of drug-likeness (QED) is 0.614. The van der Waals surface area contributed by atoms with Crippen LogP contribution >= 0.6 is 11.6 Å². The highest BCUT2D eigenvalue weighted by Crippen LogP contribution is 2.29. The molecule has 8 nitrogen and oxygen atoms in total. The van der Waals surface area contributed by atoms with Gasteiger partial charge in [0, 0.05) is 6.07 Å². The van der Waals surface area contributed by atoms with E-state index in [2.05, 4.69) is 15.3 Å². The number of methoxy groups -OCH3 is 2. The number of nitrogens with zero attached hydrogens (tertiary/aromatic N) is 2. The molecular weight excluding hydrogens is 396 g/mol. The van der Waals surface area contributed by atoms with E-state index in [9.17, 15) is 9.59 Å². The van der Waals surface area contributed by atoms with Crippen LogP contribution in [0.25, 0.3) is 10.9 Å². The second-order valence-electron chi connectivity index (χ2n) is 6.44. The average molecular weight is 417 g/mol. The fourth-order valence-electron chi connectivity index (χ4n) is 2.90. The minimum atomic E-state index is -0.292. The number of amides is 1. The Morgan fingerprint density at radius 3 is 2.59 bits per heavy atom. The minimum Gasteiger partial charge on any atom is -0.493 e. The van der Waals surface area contributed by atoms with Crippen molar-refractivity contribution < 1.29 is 14.3 Å². The molecule has 9 heteroatoms. The monoisotopic (exact) mass is 416 g/mol. The number of aromatic nitrogens is 2. The maximum Gasteiger partial charge on any atom is 0.258 e. The van der Waals surface area contributed by atoms with Gasteiger partial charge < -0.3 is 19.8 Å². The van der Waals surface area contributed by atoms with Crippen molar-refractivity contribution in [3.05, 3.63) is 57.6 Å². The summed E-state index contributed by atoms with van der Waals surface area (Å²) in [5.74, 6) is 1.14. The van der Waals surface area contributed by atoms with Crippen LogP contribution in [0.4, 0.5) is 5.69 Å². The van der Waals surface area contributed by atoms with Crippen LogP contribution in [-0.2, 0) is 11.3 Å². The molecule has 1 amide bonds. The van der Waals surface area contributed by atoms with Crippen LogP contribution in [-0.4, -0.2) is 48.6 Å². The largest absolute Gasteiger partial charge is 0.493 e. The zero-order valence-electron chi connectivity index (χ0n) is 16.3. The van der Waals surface area contributed by atoms with Crippen LogP contribution in [0, 0.1) is 0 Å². The van der Waals surface area contributed by atoms with Gasteiger partial charge in [0.15, 0.2) is 11.5 Å². The van der Waals surface area contributed by atoms with E-state index in [4.69, 9.17) is 21.1 Å². The smallest absolute Gasteiger partial charge is 0.258 e. The second-order valence-corrected chi connectivity index (χ2v) is 6.84. The Morgan fingerprint density at radius 1 is 1.21 bits per heavy atom. The molecule has 0 saturated carbocycles. The van der Waals surface area contributed by atoms with Gasteiger partial charge >= 0.3 is 0 Å². The number of ether oxygens (including phenoxy) is 2. The summed E-state index contributed by atoms with van der Waals surface area (Å²) in [4.78, 5) is 33.7. The maximum atomic E-state index is 12.4.